The van der Waals surface area contributed by atoms with Gasteiger partial charge in [0.1, 0.15) is 23.9 Å². The third kappa shape index (κ3) is 4.89. The number of benzene rings is 2. The highest BCUT2D eigenvalue weighted by molar-refractivity contribution is 7.89. The third-order valence-corrected chi connectivity index (χ3v) is 5.63. The molecule has 0 aliphatic carbocycles. The van der Waals surface area contributed by atoms with Crippen LogP contribution in [0.5, 0.6) is 17.2 Å². The average Bonchev–Trinajstić information content (AvgIpc) is 2.61. The Balaban J connectivity index is 2.05. The Kier molecular flexibility index (Phi) is 6.50. The van der Waals surface area contributed by atoms with Crippen LogP contribution in [0.15, 0.2) is 41.3 Å². The van der Waals surface area contributed by atoms with E-state index >= 15 is 0 Å². The summed E-state index contributed by atoms with van der Waals surface area (Å²) < 4.78 is 44.0. The van der Waals surface area contributed by atoms with Crippen molar-refractivity contribution >= 4 is 10.0 Å². The van der Waals surface area contributed by atoms with Gasteiger partial charge in [0.2, 0.25) is 10.0 Å². The minimum atomic E-state index is -3.66. The molecular weight excluding hydrogens is 354 g/mol. The number of rotatable bonds is 8. The molecule has 1 atom stereocenters. The molecule has 142 valence electrons. The minimum absolute atomic E-state index is 0.208. The predicted molar refractivity (Wildman–Crippen MR) is 101 cm³/mol. The molecular formula is C19H25NO5S. The standard InChI is InChI=1S/C19H25NO5S/c1-13-11-19(14(2)10-18(13)24-5)26(21,22)20-15(3)12-25-17-8-6-16(23-4)7-9-17/h6-11,15,20H,12H2,1-5H3. The van der Waals surface area contributed by atoms with Gasteiger partial charge in [-0.15, -0.1) is 0 Å². The lowest BCUT2D eigenvalue weighted by Gasteiger charge is -2.17. The highest BCUT2D eigenvalue weighted by atomic mass is 32.2. The van der Waals surface area contributed by atoms with E-state index in [2.05, 4.69) is 4.72 Å². The summed E-state index contributed by atoms with van der Waals surface area (Å²) in [4.78, 5) is 0.243. The van der Waals surface area contributed by atoms with E-state index in [9.17, 15) is 8.42 Å². The van der Waals surface area contributed by atoms with Crippen LogP contribution in [0, 0.1) is 13.8 Å². The fourth-order valence-electron chi connectivity index (χ4n) is 2.53. The first-order valence-electron chi connectivity index (χ1n) is 8.21. The Morgan fingerprint density at radius 2 is 1.58 bits per heavy atom. The molecule has 0 spiro atoms. The van der Waals surface area contributed by atoms with E-state index < -0.39 is 16.1 Å². The molecule has 26 heavy (non-hydrogen) atoms. The van der Waals surface area contributed by atoms with E-state index in [-0.39, 0.29) is 11.5 Å². The van der Waals surface area contributed by atoms with Crippen LogP contribution in [0.2, 0.25) is 0 Å². The van der Waals surface area contributed by atoms with E-state index in [4.69, 9.17) is 14.2 Å². The first-order valence-corrected chi connectivity index (χ1v) is 9.69. The fraction of sp³-hybridized carbons (Fsp3) is 0.368. The van der Waals surface area contributed by atoms with Crippen molar-refractivity contribution in [2.75, 3.05) is 20.8 Å². The van der Waals surface area contributed by atoms with Crippen molar-refractivity contribution in [3.05, 3.63) is 47.5 Å². The van der Waals surface area contributed by atoms with Gasteiger partial charge in [-0.1, -0.05) is 0 Å². The predicted octanol–water partition coefficient (Wildman–Crippen LogP) is 3.07. The highest BCUT2D eigenvalue weighted by Gasteiger charge is 2.21. The van der Waals surface area contributed by atoms with Crippen LogP contribution in [0.3, 0.4) is 0 Å². The van der Waals surface area contributed by atoms with E-state index in [1.165, 1.54) is 0 Å². The molecule has 7 heteroatoms. The van der Waals surface area contributed by atoms with Gasteiger partial charge in [0.25, 0.3) is 0 Å². The number of aryl methyl sites for hydroxylation is 2. The van der Waals surface area contributed by atoms with Crippen molar-refractivity contribution in [1.82, 2.24) is 4.72 Å². The molecule has 0 aliphatic rings. The van der Waals surface area contributed by atoms with Crippen molar-refractivity contribution < 1.29 is 22.6 Å². The van der Waals surface area contributed by atoms with Gasteiger partial charge in [-0.05, 0) is 68.3 Å². The number of hydrogen-bond acceptors (Lipinski definition) is 5. The Hall–Kier alpha value is -2.25. The van der Waals surface area contributed by atoms with Crippen molar-refractivity contribution in [1.29, 1.82) is 0 Å². The van der Waals surface area contributed by atoms with Crippen molar-refractivity contribution in [2.45, 2.75) is 31.7 Å². The summed E-state index contributed by atoms with van der Waals surface area (Å²) in [6.45, 7) is 5.52. The molecule has 1 N–H and O–H groups in total. The van der Waals surface area contributed by atoms with Gasteiger partial charge in [-0.2, -0.15) is 0 Å². The van der Waals surface area contributed by atoms with Crippen LogP contribution < -0.4 is 18.9 Å². The smallest absolute Gasteiger partial charge is 0.241 e. The van der Waals surface area contributed by atoms with Gasteiger partial charge in [0, 0.05) is 0 Å². The van der Waals surface area contributed by atoms with Gasteiger partial charge in [0.05, 0.1) is 25.2 Å². The summed E-state index contributed by atoms with van der Waals surface area (Å²) in [7, 11) is -0.503. The number of nitrogens with one attached hydrogen (secondary N) is 1. The number of hydrogen-bond donors (Lipinski definition) is 1. The van der Waals surface area contributed by atoms with Crippen LogP contribution in [0.25, 0.3) is 0 Å². The first-order chi connectivity index (χ1) is 12.3. The normalized spacial score (nSPS) is 12.5. The largest absolute Gasteiger partial charge is 0.497 e. The molecule has 0 aromatic heterocycles. The van der Waals surface area contributed by atoms with E-state index in [0.717, 1.165) is 11.3 Å². The molecule has 0 saturated carbocycles. The zero-order valence-electron chi connectivity index (χ0n) is 15.7. The molecule has 0 bridgehead atoms. The summed E-state index contributed by atoms with van der Waals surface area (Å²) in [6, 6.07) is 10.1. The molecule has 2 aromatic rings. The van der Waals surface area contributed by atoms with Gasteiger partial charge in [0.15, 0.2) is 0 Å². The Labute approximate surface area is 155 Å². The number of ether oxygens (including phenoxy) is 3. The Bertz CT molecular complexity index is 847. The highest BCUT2D eigenvalue weighted by Crippen LogP contribution is 2.25. The molecule has 2 rings (SSSR count). The number of methoxy groups -OCH3 is 2. The molecule has 0 saturated heterocycles. The first kappa shape index (κ1) is 20.1. The lowest BCUT2D eigenvalue weighted by Crippen LogP contribution is -2.37. The van der Waals surface area contributed by atoms with Crippen LogP contribution in [0.1, 0.15) is 18.1 Å². The maximum atomic E-state index is 12.7. The zero-order valence-corrected chi connectivity index (χ0v) is 16.5. The molecule has 0 radical (unpaired) electrons. The average molecular weight is 379 g/mol. The summed E-state index contributed by atoms with van der Waals surface area (Å²) in [5.74, 6) is 2.04. The lowest BCUT2D eigenvalue weighted by molar-refractivity contribution is 0.287. The van der Waals surface area contributed by atoms with E-state index in [1.54, 1.807) is 64.5 Å². The van der Waals surface area contributed by atoms with Crippen molar-refractivity contribution in [3.63, 3.8) is 0 Å². The summed E-state index contributed by atoms with van der Waals surface area (Å²) >= 11 is 0. The zero-order chi connectivity index (χ0) is 19.3. The molecule has 0 fully saturated rings. The monoisotopic (exact) mass is 379 g/mol. The van der Waals surface area contributed by atoms with Crippen LogP contribution in [-0.4, -0.2) is 35.3 Å². The lowest BCUT2D eigenvalue weighted by atomic mass is 10.1. The van der Waals surface area contributed by atoms with Crippen LogP contribution in [0.4, 0.5) is 0 Å². The molecule has 0 heterocycles. The summed E-state index contributed by atoms with van der Waals surface area (Å²) in [5, 5.41) is 0. The number of sulfonamides is 1. The second kappa shape index (κ2) is 8.42. The second-order valence-electron chi connectivity index (χ2n) is 6.10. The van der Waals surface area contributed by atoms with Gasteiger partial charge >= 0.3 is 0 Å². The van der Waals surface area contributed by atoms with E-state index in [1.807, 2.05) is 6.92 Å². The molecule has 1 unspecified atom stereocenters. The van der Waals surface area contributed by atoms with Crippen molar-refractivity contribution in [3.8, 4) is 17.2 Å². The second-order valence-corrected chi connectivity index (χ2v) is 7.78. The summed E-state index contributed by atoms with van der Waals surface area (Å²) in [5.41, 5.74) is 1.39. The summed E-state index contributed by atoms with van der Waals surface area (Å²) in [6.07, 6.45) is 0. The maximum absolute atomic E-state index is 12.7. The van der Waals surface area contributed by atoms with Gasteiger partial charge < -0.3 is 14.2 Å². The van der Waals surface area contributed by atoms with Crippen molar-refractivity contribution in [2.24, 2.45) is 0 Å². The SMILES string of the molecule is COc1ccc(OCC(C)NS(=O)(=O)c2cc(C)c(OC)cc2C)cc1. The fourth-order valence-corrected chi connectivity index (χ4v) is 4.07. The molecule has 0 aliphatic heterocycles. The molecule has 2 aromatic carbocycles. The van der Waals surface area contributed by atoms with Crippen LogP contribution in [-0.2, 0) is 10.0 Å². The van der Waals surface area contributed by atoms with Crippen LogP contribution >= 0.6 is 0 Å². The van der Waals surface area contributed by atoms with Gasteiger partial charge in [-0.25, -0.2) is 13.1 Å². The van der Waals surface area contributed by atoms with Gasteiger partial charge in [-0.3, -0.25) is 0 Å². The maximum Gasteiger partial charge on any atom is 0.241 e. The minimum Gasteiger partial charge on any atom is -0.497 e. The van der Waals surface area contributed by atoms with E-state index in [0.29, 0.717) is 17.1 Å². The Morgan fingerprint density at radius 1 is 0.962 bits per heavy atom. The molecule has 6 nitrogen and oxygen atoms in total. The molecule has 0 amide bonds. The Morgan fingerprint density at radius 3 is 2.15 bits per heavy atom. The quantitative estimate of drug-likeness (QED) is 0.763. The topological polar surface area (TPSA) is 73.9 Å². The third-order valence-electron chi connectivity index (χ3n) is 3.90.